The first kappa shape index (κ1) is 17.1. The Morgan fingerprint density at radius 3 is 2.88 bits per heavy atom. The van der Waals surface area contributed by atoms with E-state index in [4.69, 9.17) is 9.47 Å². The largest absolute Gasteiger partial charge is 0.494 e. The first-order valence-corrected chi connectivity index (χ1v) is 7.61. The summed E-state index contributed by atoms with van der Waals surface area (Å²) in [6.07, 6.45) is 2.04. The topological polar surface area (TPSA) is 69.7 Å². The molecule has 2 aromatic rings. The molecule has 1 aromatic heterocycles. The highest BCUT2D eigenvalue weighted by atomic mass is 19.1. The summed E-state index contributed by atoms with van der Waals surface area (Å²) in [5.74, 6) is -2.17. The lowest BCUT2D eigenvalue weighted by Gasteiger charge is -2.12. The zero-order valence-electron chi connectivity index (χ0n) is 13.4. The highest BCUT2D eigenvalue weighted by Gasteiger charge is 2.19. The maximum Gasteiger partial charge on any atom is 0.255 e. The Morgan fingerprint density at radius 1 is 1.32 bits per heavy atom. The number of aromatic nitrogens is 1. The molecule has 0 aliphatic carbocycles. The minimum absolute atomic E-state index is 0.112. The van der Waals surface area contributed by atoms with Crippen molar-refractivity contribution in [3.8, 4) is 11.6 Å². The molecular formula is C17H16F2N2O4. The third-order valence-electron chi connectivity index (χ3n) is 3.66. The average Bonchev–Trinajstić information content (AvgIpc) is 3.11. The summed E-state index contributed by atoms with van der Waals surface area (Å²) in [4.78, 5) is 16.3. The Labute approximate surface area is 142 Å². The SMILES string of the molecule is COc1cc(F)c(NC(=O)c2ccnc(O[C@@H]3CCOC3)c2)cc1F. The maximum atomic E-state index is 13.9. The highest BCUT2D eigenvalue weighted by Crippen LogP contribution is 2.25. The number of anilines is 1. The number of carbonyl (C=O) groups is 1. The van der Waals surface area contributed by atoms with E-state index in [2.05, 4.69) is 15.0 Å². The fourth-order valence-electron chi connectivity index (χ4n) is 2.37. The molecule has 1 fully saturated rings. The molecule has 0 saturated carbocycles. The van der Waals surface area contributed by atoms with Crippen molar-refractivity contribution in [2.75, 3.05) is 25.6 Å². The van der Waals surface area contributed by atoms with E-state index in [0.29, 0.717) is 13.2 Å². The normalized spacial score (nSPS) is 16.5. The number of halogens is 2. The van der Waals surface area contributed by atoms with Crippen LogP contribution in [0.3, 0.4) is 0 Å². The zero-order valence-corrected chi connectivity index (χ0v) is 13.4. The lowest BCUT2D eigenvalue weighted by atomic mass is 10.2. The number of nitrogens with zero attached hydrogens (tertiary/aromatic N) is 1. The van der Waals surface area contributed by atoms with Crippen LogP contribution in [-0.4, -0.2) is 37.3 Å². The molecule has 1 N–H and O–H groups in total. The van der Waals surface area contributed by atoms with Gasteiger partial charge in [-0.2, -0.15) is 0 Å². The quantitative estimate of drug-likeness (QED) is 0.898. The summed E-state index contributed by atoms with van der Waals surface area (Å²) in [6.45, 7) is 1.08. The van der Waals surface area contributed by atoms with Crippen molar-refractivity contribution in [3.05, 3.63) is 47.7 Å². The van der Waals surface area contributed by atoms with Gasteiger partial charge in [0, 0.05) is 36.4 Å². The Hall–Kier alpha value is -2.74. The van der Waals surface area contributed by atoms with Crippen LogP contribution in [0.1, 0.15) is 16.8 Å². The smallest absolute Gasteiger partial charge is 0.255 e. The molecular weight excluding hydrogens is 334 g/mol. The molecule has 3 rings (SSSR count). The number of nitrogens with one attached hydrogen (secondary N) is 1. The van der Waals surface area contributed by atoms with Crippen LogP contribution in [0.5, 0.6) is 11.6 Å². The van der Waals surface area contributed by atoms with Gasteiger partial charge >= 0.3 is 0 Å². The van der Waals surface area contributed by atoms with Gasteiger partial charge in [0.15, 0.2) is 17.4 Å². The van der Waals surface area contributed by atoms with Crippen molar-refractivity contribution in [2.24, 2.45) is 0 Å². The van der Waals surface area contributed by atoms with Gasteiger partial charge in [-0.1, -0.05) is 0 Å². The average molecular weight is 350 g/mol. The van der Waals surface area contributed by atoms with Crippen molar-refractivity contribution < 1.29 is 27.8 Å². The number of ether oxygens (including phenoxy) is 3. The lowest BCUT2D eigenvalue weighted by Crippen LogP contribution is -2.18. The molecule has 1 aliphatic rings. The third-order valence-corrected chi connectivity index (χ3v) is 3.66. The number of amides is 1. The second kappa shape index (κ2) is 7.43. The first-order chi connectivity index (χ1) is 12.1. The number of carbonyl (C=O) groups excluding carboxylic acids is 1. The van der Waals surface area contributed by atoms with E-state index in [-0.39, 0.29) is 29.0 Å². The summed E-state index contributed by atoms with van der Waals surface area (Å²) >= 11 is 0. The van der Waals surface area contributed by atoms with Gasteiger partial charge in [0.2, 0.25) is 5.88 Å². The molecule has 1 saturated heterocycles. The van der Waals surface area contributed by atoms with Crippen LogP contribution in [0.15, 0.2) is 30.5 Å². The maximum absolute atomic E-state index is 13.9. The number of pyridine rings is 1. The highest BCUT2D eigenvalue weighted by molar-refractivity contribution is 6.04. The number of benzene rings is 1. The Balaban J connectivity index is 1.74. The van der Waals surface area contributed by atoms with E-state index in [1.54, 1.807) is 0 Å². The summed E-state index contributed by atoms with van der Waals surface area (Å²) in [5.41, 5.74) is -0.0775. The molecule has 0 unspecified atom stereocenters. The van der Waals surface area contributed by atoms with Crippen LogP contribution in [0.2, 0.25) is 0 Å². The van der Waals surface area contributed by atoms with Gasteiger partial charge in [0.25, 0.3) is 5.91 Å². The molecule has 25 heavy (non-hydrogen) atoms. The van der Waals surface area contributed by atoms with Crippen LogP contribution < -0.4 is 14.8 Å². The second-order valence-corrected chi connectivity index (χ2v) is 5.41. The summed E-state index contributed by atoms with van der Waals surface area (Å²) in [5, 5.41) is 2.32. The summed E-state index contributed by atoms with van der Waals surface area (Å²) in [7, 11) is 1.23. The van der Waals surface area contributed by atoms with Crippen LogP contribution in [0, 0.1) is 11.6 Å². The molecule has 6 nitrogen and oxygen atoms in total. The van der Waals surface area contributed by atoms with Crippen LogP contribution in [0.25, 0.3) is 0 Å². The predicted molar refractivity (Wildman–Crippen MR) is 85.0 cm³/mol. The Bertz CT molecular complexity index is 779. The van der Waals surface area contributed by atoms with Crippen molar-refractivity contribution in [2.45, 2.75) is 12.5 Å². The van der Waals surface area contributed by atoms with Crippen molar-refractivity contribution in [1.29, 1.82) is 0 Å². The summed E-state index contributed by atoms with van der Waals surface area (Å²) in [6, 6.07) is 4.61. The van der Waals surface area contributed by atoms with E-state index in [9.17, 15) is 13.6 Å². The Morgan fingerprint density at radius 2 is 2.16 bits per heavy atom. The number of methoxy groups -OCH3 is 1. The second-order valence-electron chi connectivity index (χ2n) is 5.41. The van der Waals surface area contributed by atoms with Gasteiger partial charge in [-0.3, -0.25) is 4.79 Å². The molecule has 2 heterocycles. The van der Waals surface area contributed by atoms with Gasteiger partial charge in [0.05, 0.1) is 26.0 Å². The van der Waals surface area contributed by atoms with Crippen molar-refractivity contribution in [3.63, 3.8) is 0 Å². The monoisotopic (exact) mass is 350 g/mol. The van der Waals surface area contributed by atoms with E-state index in [1.807, 2.05) is 0 Å². The molecule has 1 amide bonds. The fraction of sp³-hybridized carbons (Fsp3) is 0.294. The van der Waals surface area contributed by atoms with Gasteiger partial charge in [-0.15, -0.1) is 0 Å². The van der Waals surface area contributed by atoms with E-state index in [0.717, 1.165) is 18.6 Å². The standard InChI is InChI=1S/C17H16F2N2O4/c1-23-15-8-12(18)14(7-13(15)19)21-17(22)10-2-4-20-16(6-10)25-11-3-5-24-9-11/h2,4,6-8,11H,3,5,9H2,1H3,(H,21,22)/t11-/m1/s1. The third kappa shape index (κ3) is 4.03. The minimum atomic E-state index is -0.805. The molecule has 0 spiro atoms. The zero-order chi connectivity index (χ0) is 17.8. The first-order valence-electron chi connectivity index (χ1n) is 7.61. The van der Waals surface area contributed by atoms with Gasteiger partial charge in [-0.25, -0.2) is 13.8 Å². The fourth-order valence-corrected chi connectivity index (χ4v) is 2.37. The van der Waals surface area contributed by atoms with Crippen LogP contribution in [-0.2, 0) is 4.74 Å². The van der Waals surface area contributed by atoms with Gasteiger partial charge in [0.1, 0.15) is 6.10 Å². The molecule has 0 radical (unpaired) electrons. The van der Waals surface area contributed by atoms with Gasteiger partial charge < -0.3 is 19.5 Å². The summed E-state index contributed by atoms with van der Waals surface area (Å²) < 4.78 is 43.1. The number of hydrogen-bond acceptors (Lipinski definition) is 5. The van der Waals surface area contributed by atoms with Gasteiger partial charge in [-0.05, 0) is 6.07 Å². The molecule has 1 aromatic carbocycles. The molecule has 132 valence electrons. The molecule has 1 aliphatic heterocycles. The molecule has 0 bridgehead atoms. The minimum Gasteiger partial charge on any atom is -0.494 e. The van der Waals surface area contributed by atoms with Crippen molar-refractivity contribution >= 4 is 11.6 Å². The lowest BCUT2D eigenvalue weighted by molar-refractivity contribution is 0.102. The van der Waals surface area contributed by atoms with E-state index in [1.165, 1.54) is 25.4 Å². The van der Waals surface area contributed by atoms with Crippen LogP contribution in [0.4, 0.5) is 14.5 Å². The van der Waals surface area contributed by atoms with Crippen LogP contribution >= 0.6 is 0 Å². The van der Waals surface area contributed by atoms with E-state index >= 15 is 0 Å². The number of rotatable bonds is 5. The van der Waals surface area contributed by atoms with Crippen molar-refractivity contribution in [1.82, 2.24) is 4.98 Å². The Kier molecular flexibility index (Phi) is 5.08. The van der Waals surface area contributed by atoms with E-state index < -0.39 is 17.5 Å². The predicted octanol–water partition coefficient (Wildman–Crippen LogP) is 2.79. The molecule has 1 atom stereocenters. The number of hydrogen-bond donors (Lipinski definition) is 1. The molecule has 8 heteroatoms.